The maximum atomic E-state index is 14.2. The first-order chi connectivity index (χ1) is 18.3. The Labute approximate surface area is 221 Å². The van der Waals surface area contributed by atoms with Crippen molar-refractivity contribution in [2.24, 2.45) is 16.8 Å². The van der Waals surface area contributed by atoms with E-state index in [1.54, 1.807) is 6.08 Å². The lowest BCUT2D eigenvalue weighted by molar-refractivity contribution is -0.118. The molecule has 3 amide bonds. The fourth-order valence-corrected chi connectivity index (χ4v) is 5.25. The third kappa shape index (κ3) is 5.65. The van der Waals surface area contributed by atoms with Gasteiger partial charge in [-0.3, -0.25) is 14.6 Å². The van der Waals surface area contributed by atoms with E-state index in [0.29, 0.717) is 43.1 Å². The van der Waals surface area contributed by atoms with Gasteiger partial charge in [0.15, 0.2) is 0 Å². The Bertz CT molecular complexity index is 1200. The lowest BCUT2D eigenvalue weighted by atomic mass is 10.0. The van der Waals surface area contributed by atoms with Crippen LogP contribution >= 0.6 is 0 Å². The number of nitrogens with one attached hydrogen (secondary N) is 1. The molecule has 3 heterocycles. The van der Waals surface area contributed by atoms with Gasteiger partial charge in [-0.15, -0.1) is 0 Å². The largest absolute Gasteiger partial charge is 0.356 e. The van der Waals surface area contributed by atoms with Crippen LogP contribution in [0, 0.1) is 11.8 Å². The second kappa shape index (κ2) is 11.1. The Morgan fingerprint density at radius 1 is 1.21 bits per heavy atom. The minimum atomic E-state index is -1.46. The summed E-state index contributed by atoms with van der Waals surface area (Å²) in [5.74, 6) is -0.291. The van der Waals surface area contributed by atoms with Crippen LogP contribution in [-0.4, -0.2) is 70.4 Å². The Kier molecular flexibility index (Phi) is 7.60. The molecular formula is C28H33F2N5O3. The molecule has 1 aliphatic carbocycles. The summed E-state index contributed by atoms with van der Waals surface area (Å²) in [6.07, 6.45) is 6.17. The Morgan fingerprint density at radius 2 is 1.92 bits per heavy atom. The fourth-order valence-electron chi connectivity index (χ4n) is 5.25. The van der Waals surface area contributed by atoms with Gasteiger partial charge in [0.05, 0.1) is 6.54 Å². The summed E-state index contributed by atoms with van der Waals surface area (Å²) >= 11 is 0. The molecule has 3 aliphatic heterocycles. The van der Waals surface area contributed by atoms with Crippen LogP contribution in [0.25, 0.3) is 0 Å². The Balaban J connectivity index is 1.48. The molecule has 5 rings (SSSR count). The van der Waals surface area contributed by atoms with Crippen LogP contribution in [-0.2, 0) is 17.9 Å². The Morgan fingerprint density at radius 3 is 2.55 bits per heavy atom. The van der Waals surface area contributed by atoms with E-state index in [-0.39, 0.29) is 30.9 Å². The second-order valence-electron chi connectivity index (χ2n) is 10.4. The van der Waals surface area contributed by atoms with Gasteiger partial charge in [-0.1, -0.05) is 43.3 Å². The molecule has 0 aromatic heterocycles. The highest BCUT2D eigenvalue weighted by Crippen LogP contribution is 2.38. The average Bonchev–Trinajstić information content (AvgIpc) is 3.67. The van der Waals surface area contributed by atoms with Gasteiger partial charge in [0.1, 0.15) is 12.5 Å². The SMILES string of the molecule is CC(/C=C(\C=C(\F)CF)CN1C(N2Cc3ccccc3C2)=NC(=O)N(CC2=CCCNC2=O)C1O)C1CC1. The quantitative estimate of drug-likeness (QED) is 0.507. The van der Waals surface area contributed by atoms with Crippen molar-refractivity contribution in [2.75, 3.05) is 26.3 Å². The van der Waals surface area contributed by atoms with Crippen LogP contribution in [0.3, 0.4) is 0 Å². The van der Waals surface area contributed by atoms with Crippen LogP contribution in [0.2, 0.25) is 0 Å². The third-order valence-corrected chi connectivity index (χ3v) is 7.50. The molecule has 2 unspecified atom stereocenters. The zero-order valence-electron chi connectivity index (χ0n) is 21.4. The first-order valence-corrected chi connectivity index (χ1v) is 13.1. The molecule has 0 spiro atoms. The fraction of sp³-hybridized carbons (Fsp3) is 0.464. The third-order valence-electron chi connectivity index (χ3n) is 7.50. The molecular weight excluding hydrogens is 492 g/mol. The van der Waals surface area contributed by atoms with Gasteiger partial charge in [0.25, 0.3) is 0 Å². The van der Waals surface area contributed by atoms with Crippen LogP contribution < -0.4 is 5.32 Å². The lowest BCUT2D eigenvalue weighted by Gasteiger charge is -2.43. The number of hydrogen-bond donors (Lipinski definition) is 2. The molecule has 10 heteroatoms. The van der Waals surface area contributed by atoms with Crippen molar-refractivity contribution in [1.29, 1.82) is 0 Å². The molecule has 202 valence electrons. The number of hydrogen-bond acceptors (Lipinski definition) is 5. The molecule has 38 heavy (non-hydrogen) atoms. The molecule has 2 N–H and O–H groups in total. The number of urea groups is 1. The summed E-state index contributed by atoms with van der Waals surface area (Å²) in [5, 5.41) is 14.3. The molecule has 1 fully saturated rings. The van der Waals surface area contributed by atoms with Gasteiger partial charge in [0.2, 0.25) is 18.2 Å². The van der Waals surface area contributed by atoms with E-state index >= 15 is 0 Å². The normalized spacial score (nSPS) is 23.3. The predicted molar refractivity (Wildman–Crippen MR) is 139 cm³/mol. The number of guanidine groups is 1. The number of carbonyl (C=O) groups is 2. The summed E-state index contributed by atoms with van der Waals surface area (Å²) in [7, 11) is 0. The molecule has 1 aromatic rings. The molecule has 4 aliphatic rings. The summed E-state index contributed by atoms with van der Waals surface area (Å²) in [6, 6.07) is 7.23. The predicted octanol–water partition coefficient (Wildman–Crippen LogP) is 3.61. The summed E-state index contributed by atoms with van der Waals surface area (Å²) in [5.41, 5.74) is 3.04. The van der Waals surface area contributed by atoms with E-state index in [1.165, 1.54) is 11.0 Å². The van der Waals surface area contributed by atoms with Crippen molar-refractivity contribution in [3.05, 3.63) is 70.6 Å². The number of aliphatic hydroxyl groups is 1. The summed E-state index contributed by atoms with van der Waals surface area (Å²) in [6.45, 7) is 2.20. The van der Waals surface area contributed by atoms with Gasteiger partial charge >= 0.3 is 6.03 Å². The maximum absolute atomic E-state index is 14.2. The van der Waals surface area contributed by atoms with E-state index < -0.39 is 24.9 Å². The minimum Gasteiger partial charge on any atom is -0.356 e. The highest BCUT2D eigenvalue weighted by molar-refractivity contribution is 5.98. The number of rotatable bonds is 8. The van der Waals surface area contributed by atoms with E-state index in [1.807, 2.05) is 42.2 Å². The summed E-state index contributed by atoms with van der Waals surface area (Å²) < 4.78 is 27.3. The van der Waals surface area contributed by atoms with Gasteiger partial charge in [-0.2, -0.15) is 4.99 Å². The highest BCUT2D eigenvalue weighted by atomic mass is 19.2. The zero-order chi connectivity index (χ0) is 26.8. The first kappa shape index (κ1) is 26.1. The number of aliphatic imine (C=N–C) groups is 1. The number of alkyl halides is 1. The van der Waals surface area contributed by atoms with E-state index in [0.717, 1.165) is 28.9 Å². The van der Waals surface area contributed by atoms with Crippen LogP contribution in [0.4, 0.5) is 13.6 Å². The van der Waals surface area contributed by atoms with Crippen LogP contribution in [0.1, 0.15) is 37.3 Å². The first-order valence-electron chi connectivity index (χ1n) is 13.1. The van der Waals surface area contributed by atoms with Crippen LogP contribution in [0.15, 0.2) is 64.5 Å². The highest BCUT2D eigenvalue weighted by Gasteiger charge is 2.40. The van der Waals surface area contributed by atoms with Gasteiger partial charge in [-0.25, -0.2) is 13.6 Å². The number of benzene rings is 1. The monoisotopic (exact) mass is 525 g/mol. The molecule has 2 atom stereocenters. The molecule has 1 aromatic carbocycles. The number of carbonyl (C=O) groups excluding carboxylic acids is 2. The number of amides is 3. The average molecular weight is 526 g/mol. The van der Waals surface area contributed by atoms with Crippen molar-refractivity contribution in [1.82, 2.24) is 20.0 Å². The standard InChI is InChI=1S/C28H33F2N5O3/c1-18(20-8-9-20)11-19(12-24(30)13-29)14-34-26(33-15-21-5-2-3-6-22(21)16-33)32-27(37)35(28(34)38)17-23-7-4-10-31-25(23)36/h2-3,5-7,11-12,18,20,28,38H,4,8-10,13-17H2,1H3,(H,31,36)/b19-11+,24-12+. The van der Waals surface area contributed by atoms with Crippen molar-refractivity contribution in [3.63, 3.8) is 0 Å². The Hall–Kier alpha value is -3.53. The van der Waals surface area contributed by atoms with Crippen LogP contribution in [0.5, 0.6) is 0 Å². The lowest BCUT2D eigenvalue weighted by Crippen LogP contribution is -2.61. The molecule has 0 radical (unpaired) electrons. The molecule has 8 nitrogen and oxygen atoms in total. The van der Waals surface area contributed by atoms with Crippen molar-refractivity contribution >= 4 is 17.9 Å². The van der Waals surface area contributed by atoms with Gasteiger partial charge < -0.3 is 15.3 Å². The smallest absolute Gasteiger partial charge is 0.350 e. The van der Waals surface area contributed by atoms with Crippen molar-refractivity contribution in [2.45, 2.75) is 45.6 Å². The van der Waals surface area contributed by atoms with Crippen molar-refractivity contribution < 1.29 is 23.5 Å². The number of halogens is 2. The van der Waals surface area contributed by atoms with E-state index in [4.69, 9.17) is 0 Å². The van der Waals surface area contributed by atoms with E-state index in [2.05, 4.69) is 10.3 Å². The topological polar surface area (TPSA) is 88.5 Å². The zero-order valence-corrected chi connectivity index (χ0v) is 21.4. The number of allylic oxidation sites excluding steroid dienone is 2. The van der Waals surface area contributed by atoms with Crippen molar-refractivity contribution in [3.8, 4) is 0 Å². The number of nitrogens with zero attached hydrogens (tertiary/aromatic N) is 4. The molecule has 0 bridgehead atoms. The second-order valence-corrected chi connectivity index (χ2v) is 10.4. The minimum absolute atomic E-state index is 0.00630. The summed E-state index contributed by atoms with van der Waals surface area (Å²) in [4.78, 5) is 34.4. The molecule has 1 saturated carbocycles. The molecule has 0 saturated heterocycles. The maximum Gasteiger partial charge on any atom is 0.350 e. The van der Waals surface area contributed by atoms with Gasteiger partial charge in [-0.05, 0) is 53.9 Å². The number of fused-ring (bicyclic) bond motifs is 1. The number of aliphatic hydroxyl groups excluding tert-OH is 1. The van der Waals surface area contributed by atoms with Gasteiger partial charge in [0, 0.05) is 31.8 Å². The van der Waals surface area contributed by atoms with E-state index in [9.17, 15) is 23.5 Å².